The van der Waals surface area contributed by atoms with Crippen LogP contribution in [0, 0.1) is 5.92 Å². The molecule has 0 spiro atoms. The van der Waals surface area contributed by atoms with Gasteiger partial charge in [0.2, 0.25) is 5.91 Å². The fourth-order valence-electron chi connectivity index (χ4n) is 3.91. The highest BCUT2D eigenvalue weighted by Crippen LogP contribution is 2.30. The van der Waals surface area contributed by atoms with Gasteiger partial charge < -0.3 is 10.6 Å². The minimum atomic E-state index is 0.170. The third kappa shape index (κ3) is 3.35. The minimum absolute atomic E-state index is 0.170. The van der Waals surface area contributed by atoms with Gasteiger partial charge in [0.1, 0.15) is 0 Å². The van der Waals surface area contributed by atoms with Crippen LogP contribution in [0.4, 0.5) is 0 Å². The molecule has 1 aromatic heterocycles. The van der Waals surface area contributed by atoms with Crippen LogP contribution in [0.5, 0.6) is 0 Å². The normalized spacial score (nSPS) is 27.1. The summed E-state index contributed by atoms with van der Waals surface area (Å²) in [7, 11) is 0. The first-order valence-electron chi connectivity index (χ1n) is 8.74. The van der Waals surface area contributed by atoms with Gasteiger partial charge in [-0.05, 0) is 50.5 Å². The lowest BCUT2D eigenvalue weighted by molar-refractivity contribution is -0.137. The van der Waals surface area contributed by atoms with Gasteiger partial charge in [0.25, 0.3) is 0 Å². The van der Waals surface area contributed by atoms with Gasteiger partial charge in [0.15, 0.2) is 0 Å². The van der Waals surface area contributed by atoms with Crippen molar-refractivity contribution >= 4 is 5.91 Å². The Labute approximate surface area is 132 Å². The molecule has 122 valence electrons. The quantitative estimate of drug-likeness (QED) is 0.930. The lowest BCUT2D eigenvalue weighted by atomic mass is 9.84. The molecule has 2 heterocycles. The van der Waals surface area contributed by atoms with Gasteiger partial charge in [0.05, 0.1) is 6.20 Å². The Bertz CT molecular complexity index is 505. The molecule has 2 aliphatic rings. The van der Waals surface area contributed by atoms with E-state index in [0.29, 0.717) is 11.8 Å². The number of rotatable bonds is 3. The summed E-state index contributed by atoms with van der Waals surface area (Å²) in [6, 6.07) is 0.222. The summed E-state index contributed by atoms with van der Waals surface area (Å²) >= 11 is 0. The number of nitrogens with zero attached hydrogens (tertiary/aromatic N) is 3. The second kappa shape index (κ2) is 6.82. The van der Waals surface area contributed by atoms with Crippen LogP contribution >= 0.6 is 0 Å². The maximum Gasteiger partial charge on any atom is 0.225 e. The van der Waals surface area contributed by atoms with E-state index in [4.69, 9.17) is 5.73 Å². The average molecular weight is 304 g/mol. The van der Waals surface area contributed by atoms with E-state index in [-0.39, 0.29) is 12.0 Å². The summed E-state index contributed by atoms with van der Waals surface area (Å²) < 4.78 is 1.98. The van der Waals surface area contributed by atoms with Gasteiger partial charge in [0, 0.05) is 37.8 Å². The first-order chi connectivity index (χ1) is 10.7. The molecule has 5 heteroatoms. The first kappa shape index (κ1) is 15.5. The number of carbonyl (C=O) groups is 1. The van der Waals surface area contributed by atoms with E-state index in [1.54, 1.807) is 0 Å². The molecule has 0 bridgehead atoms. The van der Waals surface area contributed by atoms with Crippen LogP contribution in [0.15, 0.2) is 12.4 Å². The molecule has 0 unspecified atom stereocenters. The summed E-state index contributed by atoms with van der Waals surface area (Å²) in [5.74, 6) is 1.07. The van der Waals surface area contributed by atoms with E-state index in [9.17, 15) is 4.79 Å². The number of hydrogen-bond acceptors (Lipinski definition) is 3. The molecular weight excluding hydrogens is 276 g/mol. The SMILES string of the molecule is CCn1cc(C2CCN(C(=O)[C@@H]3CCC[C@H](N)C3)CC2)cn1. The summed E-state index contributed by atoms with van der Waals surface area (Å²) in [5.41, 5.74) is 7.35. The number of likely N-dealkylation sites (tertiary alicyclic amines) is 1. The third-order valence-corrected chi connectivity index (χ3v) is 5.32. The molecule has 0 radical (unpaired) electrons. The van der Waals surface area contributed by atoms with E-state index >= 15 is 0 Å². The molecule has 5 nitrogen and oxygen atoms in total. The molecule has 1 saturated carbocycles. The predicted octanol–water partition coefficient (Wildman–Crippen LogP) is 2.13. The van der Waals surface area contributed by atoms with Crippen molar-refractivity contribution in [2.24, 2.45) is 11.7 Å². The maximum absolute atomic E-state index is 12.6. The fourth-order valence-corrected chi connectivity index (χ4v) is 3.91. The lowest BCUT2D eigenvalue weighted by Gasteiger charge is -2.36. The zero-order valence-electron chi connectivity index (χ0n) is 13.6. The van der Waals surface area contributed by atoms with Gasteiger partial charge in [-0.3, -0.25) is 9.48 Å². The van der Waals surface area contributed by atoms with Crippen LogP contribution in [0.3, 0.4) is 0 Å². The van der Waals surface area contributed by atoms with Crippen molar-refractivity contribution in [3.05, 3.63) is 18.0 Å². The highest BCUT2D eigenvalue weighted by molar-refractivity contribution is 5.79. The molecule has 1 saturated heterocycles. The number of piperidine rings is 1. The molecule has 0 aromatic carbocycles. The molecule has 1 aromatic rings. The second-order valence-electron chi connectivity index (χ2n) is 6.85. The molecule has 2 N–H and O–H groups in total. The fraction of sp³-hybridized carbons (Fsp3) is 0.765. The van der Waals surface area contributed by atoms with Crippen LogP contribution in [-0.2, 0) is 11.3 Å². The highest BCUT2D eigenvalue weighted by Gasteiger charge is 2.31. The Balaban J connectivity index is 1.53. The summed E-state index contributed by atoms with van der Waals surface area (Å²) in [4.78, 5) is 14.7. The Morgan fingerprint density at radius 2 is 2.09 bits per heavy atom. The van der Waals surface area contributed by atoms with E-state index in [1.807, 2.05) is 10.9 Å². The number of aryl methyl sites for hydroxylation is 1. The highest BCUT2D eigenvalue weighted by atomic mass is 16.2. The van der Waals surface area contributed by atoms with Crippen molar-refractivity contribution in [3.63, 3.8) is 0 Å². The van der Waals surface area contributed by atoms with Gasteiger partial charge in [-0.15, -0.1) is 0 Å². The topological polar surface area (TPSA) is 64.2 Å². The number of hydrogen-bond donors (Lipinski definition) is 1. The van der Waals surface area contributed by atoms with Crippen molar-refractivity contribution in [3.8, 4) is 0 Å². The number of carbonyl (C=O) groups excluding carboxylic acids is 1. The molecule has 22 heavy (non-hydrogen) atoms. The molecule has 2 atom stereocenters. The van der Waals surface area contributed by atoms with E-state index in [0.717, 1.165) is 58.2 Å². The standard InChI is InChI=1S/C17H28N4O/c1-2-21-12-15(11-19-21)13-6-8-20(9-7-13)17(22)14-4-3-5-16(18)10-14/h11-14,16H,2-10,18H2,1H3/t14-,16+/m1/s1. The van der Waals surface area contributed by atoms with Crippen LogP contribution in [0.1, 0.15) is 56.9 Å². The van der Waals surface area contributed by atoms with E-state index in [1.165, 1.54) is 5.56 Å². The van der Waals surface area contributed by atoms with Crippen LogP contribution in [0.2, 0.25) is 0 Å². The molecule has 1 aliphatic heterocycles. The van der Waals surface area contributed by atoms with Gasteiger partial charge in [-0.25, -0.2) is 0 Å². The molecule has 3 rings (SSSR count). The maximum atomic E-state index is 12.6. The van der Waals surface area contributed by atoms with Crippen molar-refractivity contribution < 1.29 is 4.79 Å². The smallest absolute Gasteiger partial charge is 0.225 e. The Hall–Kier alpha value is -1.36. The van der Waals surface area contributed by atoms with E-state index in [2.05, 4.69) is 23.1 Å². The zero-order chi connectivity index (χ0) is 15.5. The van der Waals surface area contributed by atoms with Gasteiger partial charge in [-0.2, -0.15) is 5.10 Å². The summed E-state index contributed by atoms with van der Waals surface area (Å²) in [5, 5.41) is 4.37. The minimum Gasteiger partial charge on any atom is -0.342 e. The van der Waals surface area contributed by atoms with Crippen molar-refractivity contribution in [1.82, 2.24) is 14.7 Å². The number of aromatic nitrogens is 2. The Morgan fingerprint density at radius 1 is 1.32 bits per heavy atom. The monoisotopic (exact) mass is 304 g/mol. The predicted molar refractivity (Wildman–Crippen MR) is 86.4 cm³/mol. The summed E-state index contributed by atoms with van der Waals surface area (Å²) in [6.07, 6.45) is 10.3. The zero-order valence-corrected chi connectivity index (χ0v) is 13.6. The van der Waals surface area contributed by atoms with Crippen LogP contribution < -0.4 is 5.73 Å². The Morgan fingerprint density at radius 3 is 2.73 bits per heavy atom. The molecule has 1 aliphatic carbocycles. The third-order valence-electron chi connectivity index (χ3n) is 5.32. The first-order valence-corrected chi connectivity index (χ1v) is 8.74. The average Bonchev–Trinajstić information content (AvgIpc) is 3.03. The van der Waals surface area contributed by atoms with Crippen molar-refractivity contribution in [1.29, 1.82) is 0 Å². The number of nitrogens with two attached hydrogens (primary N) is 1. The van der Waals surface area contributed by atoms with E-state index < -0.39 is 0 Å². The second-order valence-corrected chi connectivity index (χ2v) is 6.85. The molecule has 2 fully saturated rings. The molecular formula is C17H28N4O. The van der Waals surface area contributed by atoms with Crippen LogP contribution in [0.25, 0.3) is 0 Å². The van der Waals surface area contributed by atoms with Crippen molar-refractivity contribution in [2.75, 3.05) is 13.1 Å². The number of amides is 1. The largest absolute Gasteiger partial charge is 0.342 e. The molecule has 1 amide bonds. The van der Waals surface area contributed by atoms with Crippen LogP contribution in [-0.4, -0.2) is 39.7 Å². The Kier molecular flexibility index (Phi) is 4.81. The van der Waals surface area contributed by atoms with Crippen molar-refractivity contribution in [2.45, 2.75) is 64.0 Å². The van der Waals surface area contributed by atoms with Gasteiger partial charge >= 0.3 is 0 Å². The van der Waals surface area contributed by atoms with Gasteiger partial charge in [-0.1, -0.05) is 6.42 Å². The summed E-state index contributed by atoms with van der Waals surface area (Å²) in [6.45, 7) is 4.78. The lowest BCUT2D eigenvalue weighted by Crippen LogP contribution is -2.44.